The summed E-state index contributed by atoms with van der Waals surface area (Å²) in [4.78, 5) is 17.4. The van der Waals surface area contributed by atoms with E-state index in [2.05, 4.69) is 15.6 Å². The van der Waals surface area contributed by atoms with Crippen molar-refractivity contribution < 1.29 is 9.18 Å². The highest BCUT2D eigenvalue weighted by atomic mass is 35.5. The summed E-state index contributed by atoms with van der Waals surface area (Å²) < 4.78 is 13.4. The summed E-state index contributed by atoms with van der Waals surface area (Å²) in [5, 5.41) is 5.96. The van der Waals surface area contributed by atoms with Gasteiger partial charge in [-0.15, -0.1) is 11.3 Å². The lowest BCUT2D eigenvalue weighted by atomic mass is 10.1. The molecule has 4 nitrogen and oxygen atoms in total. The van der Waals surface area contributed by atoms with Gasteiger partial charge >= 0.3 is 0 Å². The summed E-state index contributed by atoms with van der Waals surface area (Å²) in [6.45, 7) is 0.519. The Kier molecular flexibility index (Phi) is 5.08. The minimum Gasteiger partial charge on any atom is -0.379 e. The molecule has 0 bridgehead atoms. The molecule has 0 unspecified atom stereocenters. The molecule has 0 aliphatic rings. The van der Waals surface area contributed by atoms with Gasteiger partial charge in [0.25, 0.3) is 5.91 Å². The predicted octanol–water partition coefficient (Wildman–Crippen LogP) is 4.80. The molecule has 0 aliphatic carbocycles. The topological polar surface area (TPSA) is 54.0 Å². The average molecular weight is 362 g/mol. The van der Waals surface area contributed by atoms with Gasteiger partial charge in [-0.25, -0.2) is 9.37 Å². The number of para-hydroxylation sites is 1. The minimum absolute atomic E-state index is 0.271. The van der Waals surface area contributed by atoms with Gasteiger partial charge in [-0.2, -0.15) is 0 Å². The number of hydrogen-bond acceptors (Lipinski definition) is 4. The van der Waals surface area contributed by atoms with E-state index in [9.17, 15) is 9.18 Å². The van der Waals surface area contributed by atoms with Crippen molar-refractivity contribution in [1.29, 1.82) is 0 Å². The number of anilines is 2. The fraction of sp³-hybridized carbons (Fsp3) is 0.0588. The summed E-state index contributed by atoms with van der Waals surface area (Å²) in [6, 6.07) is 12.8. The number of amides is 1. The quantitative estimate of drug-likeness (QED) is 0.686. The molecule has 122 valence electrons. The van der Waals surface area contributed by atoms with Crippen LogP contribution >= 0.6 is 22.9 Å². The van der Waals surface area contributed by atoms with Crippen molar-refractivity contribution in [2.24, 2.45) is 0 Å². The van der Waals surface area contributed by atoms with Crippen LogP contribution in [-0.2, 0) is 6.54 Å². The minimum atomic E-state index is -0.349. The van der Waals surface area contributed by atoms with E-state index in [1.807, 2.05) is 12.1 Å². The molecule has 0 atom stereocenters. The Hall–Kier alpha value is -2.44. The fourth-order valence-corrected chi connectivity index (χ4v) is 3.03. The lowest BCUT2D eigenvalue weighted by molar-refractivity contribution is 0.102. The first-order chi connectivity index (χ1) is 11.6. The maximum atomic E-state index is 12.9. The third-order valence-electron chi connectivity index (χ3n) is 3.25. The van der Waals surface area contributed by atoms with E-state index >= 15 is 0 Å². The Balaban J connectivity index is 1.72. The van der Waals surface area contributed by atoms with Crippen molar-refractivity contribution in [2.45, 2.75) is 6.54 Å². The van der Waals surface area contributed by atoms with Crippen molar-refractivity contribution in [3.05, 3.63) is 75.5 Å². The smallest absolute Gasteiger partial charge is 0.257 e. The molecule has 2 N–H and O–H groups in total. The number of nitrogens with zero attached hydrogens (tertiary/aromatic N) is 1. The molecule has 1 amide bonds. The van der Waals surface area contributed by atoms with E-state index in [0.717, 1.165) is 4.88 Å². The standard InChI is InChI=1S/C17H13ClFN3OS/c18-17-21-10-13(24-17)9-20-15-4-2-1-3-14(15)16(23)22-12-7-5-11(19)6-8-12/h1-8,10,20H,9H2,(H,22,23). The Morgan fingerprint density at radius 2 is 1.92 bits per heavy atom. The second kappa shape index (κ2) is 7.42. The highest BCUT2D eigenvalue weighted by Gasteiger charge is 2.11. The van der Waals surface area contributed by atoms with Crippen LogP contribution < -0.4 is 10.6 Å². The van der Waals surface area contributed by atoms with Crippen molar-refractivity contribution in [3.8, 4) is 0 Å². The fourth-order valence-electron chi connectivity index (χ4n) is 2.11. The molecule has 7 heteroatoms. The lowest BCUT2D eigenvalue weighted by Gasteiger charge is -2.11. The normalized spacial score (nSPS) is 10.4. The third kappa shape index (κ3) is 4.10. The molecule has 0 radical (unpaired) electrons. The molecule has 0 saturated carbocycles. The number of nitrogens with one attached hydrogen (secondary N) is 2. The number of aromatic nitrogens is 1. The SMILES string of the molecule is O=C(Nc1ccc(F)cc1)c1ccccc1NCc1cnc(Cl)s1. The molecule has 0 aliphatic heterocycles. The molecule has 24 heavy (non-hydrogen) atoms. The second-order valence-electron chi connectivity index (χ2n) is 4.94. The first kappa shape index (κ1) is 16.4. The number of carbonyl (C=O) groups is 1. The van der Waals surface area contributed by atoms with Crippen molar-refractivity contribution in [1.82, 2.24) is 4.98 Å². The first-order valence-corrected chi connectivity index (χ1v) is 8.31. The molecule has 0 spiro atoms. The first-order valence-electron chi connectivity index (χ1n) is 7.12. The number of hydrogen-bond donors (Lipinski definition) is 2. The Morgan fingerprint density at radius 3 is 2.62 bits per heavy atom. The highest BCUT2D eigenvalue weighted by Crippen LogP contribution is 2.22. The van der Waals surface area contributed by atoms with Crippen LogP contribution in [0.5, 0.6) is 0 Å². The van der Waals surface area contributed by atoms with E-state index in [4.69, 9.17) is 11.6 Å². The van der Waals surface area contributed by atoms with Crippen LogP contribution in [0.4, 0.5) is 15.8 Å². The summed E-state index contributed by atoms with van der Waals surface area (Å²) in [5.74, 6) is -0.620. The van der Waals surface area contributed by atoms with Crippen LogP contribution in [0, 0.1) is 5.82 Å². The predicted molar refractivity (Wildman–Crippen MR) is 95.2 cm³/mol. The Bertz CT molecular complexity index is 851. The Labute approximate surface area is 147 Å². The second-order valence-corrected chi connectivity index (χ2v) is 6.64. The van der Waals surface area contributed by atoms with E-state index in [-0.39, 0.29) is 11.7 Å². The van der Waals surface area contributed by atoms with Gasteiger partial charge in [0.2, 0.25) is 0 Å². The summed E-state index contributed by atoms with van der Waals surface area (Å²) in [6.07, 6.45) is 1.70. The zero-order chi connectivity index (χ0) is 16.9. The maximum absolute atomic E-state index is 12.9. The van der Waals surface area contributed by atoms with Gasteiger partial charge in [-0.1, -0.05) is 23.7 Å². The van der Waals surface area contributed by atoms with Gasteiger partial charge in [-0.05, 0) is 36.4 Å². The van der Waals surface area contributed by atoms with E-state index in [0.29, 0.717) is 27.9 Å². The summed E-state index contributed by atoms with van der Waals surface area (Å²) >= 11 is 7.20. The lowest BCUT2D eigenvalue weighted by Crippen LogP contribution is -2.14. The summed E-state index contributed by atoms with van der Waals surface area (Å²) in [5.41, 5.74) is 1.73. The molecule has 1 aromatic heterocycles. The Morgan fingerprint density at radius 1 is 1.17 bits per heavy atom. The van der Waals surface area contributed by atoms with Crippen LogP contribution in [0.15, 0.2) is 54.7 Å². The average Bonchev–Trinajstić information content (AvgIpc) is 3.01. The van der Waals surface area contributed by atoms with Crippen LogP contribution in [0.2, 0.25) is 4.47 Å². The van der Waals surface area contributed by atoms with E-state index in [1.165, 1.54) is 35.6 Å². The molecule has 0 saturated heterocycles. The van der Waals surface area contributed by atoms with Gasteiger partial charge in [0.05, 0.1) is 12.1 Å². The van der Waals surface area contributed by atoms with Crippen LogP contribution in [0.3, 0.4) is 0 Å². The number of halogens is 2. The molecule has 0 fully saturated rings. The van der Waals surface area contributed by atoms with E-state index in [1.54, 1.807) is 18.3 Å². The molecule has 2 aromatic carbocycles. The van der Waals surface area contributed by atoms with Gasteiger partial charge in [0.1, 0.15) is 5.82 Å². The molecule has 3 rings (SSSR count). The largest absolute Gasteiger partial charge is 0.379 e. The monoisotopic (exact) mass is 361 g/mol. The molecule has 3 aromatic rings. The van der Waals surface area contributed by atoms with Gasteiger partial charge in [0, 0.05) is 22.4 Å². The maximum Gasteiger partial charge on any atom is 0.257 e. The number of benzene rings is 2. The van der Waals surface area contributed by atoms with Gasteiger partial charge < -0.3 is 10.6 Å². The number of rotatable bonds is 5. The van der Waals surface area contributed by atoms with Crippen molar-refractivity contribution in [2.75, 3.05) is 10.6 Å². The van der Waals surface area contributed by atoms with Crippen LogP contribution in [-0.4, -0.2) is 10.9 Å². The zero-order valence-electron chi connectivity index (χ0n) is 12.4. The third-order valence-corrected chi connectivity index (χ3v) is 4.37. The highest BCUT2D eigenvalue weighted by molar-refractivity contribution is 7.15. The van der Waals surface area contributed by atoms with Gasteiger partial charge in [0.15, 0.2) is 4.47 Å². The number of carbonyl (C=O) groups excluding carboxylic acids is 1. The van der Waals surface area contributed by atoms with Crippen LogP contribution in [0.25, 0.3) is 0 Å². The van der Waals surface area contributed by atoms with Crippen molar-refractivity contribution in [3.63, 3.8) is 0 Å². The zero-order valence-corrected chi connectivity index (χ0v) is 14.0. The number of thiazole rings is 1. The molecule has 1 heterocycles. The molecular weight excluding hydrogens is 349 g/mol. The van der Waals surface area contributed by atoms with Crippen LogP contribution in [0.1, 0.15) is 15.2 Å². The summed E-state index contributed by atoms with van der Waals surface area (Å²) in [7, 11) is 0. The van der Waals surface area contributed by atoms with Gasteiger partial charge in [-0.3, -0.25) is 4.79 Å². The molecular formula is C17H13ClFN3OS. The van der Waals surface area contributed by atoms with Crippen molar-refractivity contribution >= 4 is 40.2 Å². The van der Waals surface area contributed by atoms with E-state index < -0.39 is 0 Å².